The van der Waals surface area contributed by atoms with E-state index in [-0.39, 0.29) is 17.4 Å². The minimum absolute atomic E-state index is 0.0675. The van der Waals surface area contributed by atoms with Crippen molar-refractivity contribution in [3.63, 3.8) is 0 Å². The Labute approximate surface area is 261 Å². The molecule has 1 fully saturated rings. The maximum absolute atomic E-state index is 13.3. The van der Waals surface area contributed by atoms with Gasteiger partial charge in [-0.25, -0.2) is 0 Å². The molecule has 3 heterocycles. The van der Waals surface area contributed by atoms with Crippen LogP contribution in [0, 0.1) is 19.8 Å². The lowest BCUT2D eigenvalue weighted by atomic mass is 9.83. The van der Waals surface area contributed by atoms with Crippen molar-refractivity contribution in [2.75, 3.05) is 28.6 Å². The van der Waals surface area contributed by atoms with E-state index in [1.54, 1.807) is 6.07 Å². The number of aryl methyl sites for hydroxylation is 2. The molecule has 3 aromatic carbocycles. The number of pyridine rings is 1. The molecule has 1 aromatic heterocycles. The molecule has 220 valence electrons. The molecule has 1 saturated heterocycles. The van der Waals surface area contributed by atoms with E-state index in [0.717, 1.165) is 47.8 Å². The number of hydrogen-bond acceptors (Lipinski definition) is 4. The summed E-state index contributed by atoms with van der Waals surface area (Å²) in [5.41, 5.74) is 7.51. The number of carbonyl (C=O) groups is 1. The van der Waals surface area contributed by atoms with Gasteiger partial charge in [0.2, 0.25) is 0 Å². The highest BCUT2D eigenvalue weighted by atomic mass is 35.5. The van der Waals surface area contributed by atoms with Gasteiger partial charge in [0, 0.05) is 60.1 Å². The van der Waals surface area contributed by atoms with Gasteiger partial charge in [-0.1, -0.05) is 41.9 Å². The summed E-state index contributed by atoms with van der Waals surface area (Å²) in [6.45, 7) is 6.75. The Balaban J connectivity index is 1.27. The first kappa shape index (κ1) is 29.0. The van der Waals surface area contributed by atoms with Crippen molar-refractivity contribution in [3.05, 3.63) is 122 Å². The third kappa shape index (κ3) is 6.31. The molecule has 2 aliphatic heterocycles. The molecule has 6 rings (SSSR count). The molecule has 4 aromatic rings. The summed E-state index contributed by atoms with van der Waals surface area (Å²) < 4.78 is 1.93. The number of hydrogen-bond donors (Lipinski definition) is 3. The minimum Gasteiger partial charge on any atom is -0.369 e. The number of nitrogens with one attached hydrogen (secondary N) is 3. The van der Waals surface area contributed by atoms with E-state index in [2.05, 4.69) is 52.9 Å². The first-order chi connectivity index (χ1) is 20.7. The van der Waals surface area contributed by atoms with Gasteiger partial charge in [-0.15, -0.1) is 0 Å². The summed E-state index contributed by atoms with van der Waals surface area (Å²) in [6.07, 6.45) is 1.05. The monoisotopic (exact) mass is 611 g/mol. The molecule has 0 radical (unpaired) electrons. The van der Waals surface area contributed by atoms with Gasteiger partial charge in [0.05, 0.1) is 11.4 Å². The Morgan fingerprint density at radius 2 is 1.77 bits per heavy atom. The van der Waals surface area contributed by atoms with E-state index < -0.39 is 0 Å². The Bertz CT molecular complexity index is 1770. The topological polar surface area (TPSA) is 78.4 Å². The molecular weight excluding hydrogens is 578 g/mol. The average molecular weight is 612 g/mol. The van der Waals surface area contributed by atoms with Crippen molar-refractivity contribution < 1.29 is 4.79 Å². The van der Waals surface area contributed by atoms with Crippen molar-refractivity contribution in [3.8, 4) is 0 Å². The van der Waals surface area contributed by atoms with Crippen LogP contribution in [0.15, 0.2) is 83.7 Å². The van der Waals surface area contributed by atoms with Crippen LogP contribution >= 0.6 is 23.8 Å². The predicted molar refractivity (Wildman–Crippen MR) is 179 cm³/mol. The maximum atomic E-state index is 13.3. The number of aromatic nitrogens is 1. The van der Waals surface area contributed by atoms with Gasteiger partial charge in [-0.3, -0.25) is 9.59 Å². The van der Waals surface area contributed by atoms with Crippen LogP contribution in [-0.4, -0.2) is 28.7 Å². The largest absolute Gasteiger partial charge is 0.369 e. The zero-order chi connectivity index (χ0) is 30.1. The molecule has 3 N–H and O–H groups in total. The lowest BCUT2D eigenvalue weighted by Gasteiger charge is -2.44. The molecule has 7 nitrogen and oxygen atoms in total. The van der Waals surface area contributed by atoms with Gasteiger partial charge in [0.15, 0.2) is 5.11 Å². The first-order valence-electron chi connectivity index (χ1n) is 14.5. The third-order valence-electron chi connectivity index (χ3n) is 8.49. The Morgan fingerprint density at radius 3 is 2.58 bits per heavy atom. The van der Waals surface area contributed by atoms with Crippen LogP contribution in [0.3, 0.4) is 0 Å². The van der Waals surface area contributed by atoms with Gasteiger partial charge in [-0.2, -0.15) is 0 Å². The normalized spacial score (nSPS) is 17.1. The van der Waals surface area contributed by atoms with Crippen LogP contribution in [0.2, 0.25) is 5.02 Å². The van der Waals surface area contributed by atoms with E-state index in [9.17, 15) is 9.59 Å². The number of anilines is 3. The molecule has 1 amide bonds. The van der Waals surface area contributed by atoms with E-state index in [4.69, 9.17) is 23.8 Å². The lowest BCUT2D eigenvalue weighted by Crippen LogP contribution is -2.47. The Kier molecular flexibility index (Phi) is 8.23. The van der Waals surface area contributed by atoms with Crippen LogP contribution in [-0.2, 0) is 13.1 Å². The third-order valence-corrected chi connectivity index (χ3v) is 9.06. The highest BCUT2D eigenvalue weighted by Crippen LogP contribution is 2.39. The second-order valence-electron chi connectivity index (χ2n) is 11.5. The zero-order valence-corrected chi connectivity index (χ0v) is 25.8. The van der Waals surface area contributed by atoms with Gasteiger partial charge in [0.1, 0.15) is 0 Å². The molecule has 2 aliphatic rings. The van der Waals surface area contributed by atoms with Crippen LogP contribution in [0.1, 0.15) is 45.1 Å². The van der Waals surface area contributed by atoms with Gasteiger partial charge in [-0.05, 0) is 97.6 Å². The average Bonchev–Trinajstić information content (AvgIpc) is 2.99. The number of benzene rings is 3. The summed E-state index contributed by atoms with van der Waals surface area (Å²) in [4.78, 5) is 28.2. The van der Waals surface area contributed by atoms with Crippen molar-refractivity contribution >= 4 is 51.9 Å². The van der Waals surface area contributed by atoms with Gasteiger partial charge >= 0.3 is 0 Å². The molecule has 2 bridgehead atoms. The quantitative estimate of drug-likeness (QED) is 0.217. The highest BCUT2D eigenvalue weighted by molar-refractivity contribution is 7.80. The summed E-state index contributed by atoms with van der Waals surface area (Å²) in [6, 6.07) is 24.9. The smallest absolute Gasteiger partial charge is 0.251 e. The standard InChI is InChI=1S/C34H34ClN5O2S/c1-21-10-12-27(14-22(21)2)37-34(43)38-29-16-24(33(42)36-17-25-6-3-4-7-28(25)35)11-13-31(29)39-18-23-15-26(20-39)30-8-5-9-32(41)40(30)19-23/h3-14,16,23,26H,15,17-20H2,1-2H3,(H,36,42)(H2,37,38,43). The second-order valence-corrected chi connectivity index (χ2v) is 12.3. The number of amides is 1. The van der Waals surface area contributed by atoms with Crippen LogP contribution in [0.5, 0.6) is 0 Å². The fraction of sp³-hybridized carbons (Fsp3) is 0.265. The Morgan fingerprint density at radius 1 is 0.930 bits per heavy atom. The molecule has 43 heavy (non-hydrogen) atoms. The van der Waals surface area contributed by atoms with Crippen LogP contribution in [0.4, 0.5) is 17.1 Å². The summed E-state index contributed by atoms with van der Waals surface area (Å²) in [7, 11) is 0. The van der Waals surface area contributed by atoms with E-state index >= 15 is 0 Å². The van der Waals surface area contributed by atoms with E-state index in [1.165, 1.54) is 11.1 Å². The molecule has 9 heteroatoms. The number of fused-ring (bicyclic) bond motifs is 4. The van der Waals surface area contributed by atoms with Crippen molar-refractivity contribution in [2.24, 2.45) is 5.92 Å². The number of piperidine rings is 1. The number of halogens is 1. The van der Waals surface area contributed by atoms with E-state index in [1.807, 2.05) is 59.2 Å². The molecule has 0 spiro atoms. The first-order valence-corrected chi connectivity index (χ1v) is 15.3. The molecule has 0 aliphatic carbocycles. The molecule has 0 saturated carbocycles. The highest BCUT2D eigenvalue weighted by Gasteiger charge is 2.35. The number of carbonyl (C=O) groups excluding carboxylic acids is 1. The predicted octanol–water partition coefficient (Wildman–Crippen LogP) is 6.48. The van der Waals surface area contributed by atoms with E-state index in [0.29, 0.717) is 34.7 Å². The van der Waals surface area contributed by atoms with Crippen molar-refractivity contribution in [1.82, 2.24) is 9.88 Å². The van der Waals surface area contributed by atoms with Crippen LogP contribution in [0.25, 0.3) is 0 Å². The minimum atomic E-state index is -0.202. The van der Waals surface area contributed by atoms with Crippen LogP contribution < -0.4 is 26.4 Å². The fourth-order valence-electron chi connectivity index (χ4n) is 6.17. The van der Waals surface area contributed by atoms with Crippen molar-refractivity contribution in [1.29, 1.82) is 0 Å². The maximum Gasteiger partial charge on any atom is 0.251 e. The molecular formula is C34H34ClN5O2S. The number of nitrogens with zero attached hydrogens (tertiary/aromatic N) is 2. The number of rotatable bonds is 6. The molecule has 2 unspecified atom stereocenters. The summed E-state index contributed by atoms with van der Waals surface area (Å²) in [5.74, 6) is 0.387. The van der Waals surface area contributed by atoms with Gasteiger partial charge < -0.3 is 25.4 Å². The summed E-state index contributed by atoms with van der Waals surface area (Å²) >= 11 is 12.0. The zero-order valence-electron chi connectivity index (χ0n) is 24.2. The lowest BCUT2D eigenvalue weighted by molar-refractivity contribution is 0.0951. The fourth-order valence-corrected chi connectivity index (χ4v) is 6.60. The Hall–Kier alpha value is -4.14. The van der Waals surface area contributed by atoms with Gasteiger partial charge in [0.25, 0.3) is 11.5 Å². The summed E-state index contributed by atoms with van der Waals surface area (Å²) in [5, 5.41) is 10.7. The number of thiocarbonyl (C=S) groups is 1. The molecule has 2 atom stereocenters. The van der Waals surface area contributed by atoms with Crippen molar-refractivity contribution in [2.45, 2.75) is 39.3 Å². The SMILES string of the molecule is Cc1ccc(NC(=S)Nc2cc(C(=O)NCc3ccccc3Cl)ccc2N2CC3CC(C2)c2cccc(=O)n2C3)cc1C. The second kappa shape index (κ2) is 12.2.